The number of aromatic amines is 1. The topological polar surface area (TPSA) is 54.1 Å². The number of carbonyl (C=O) groups excluding carboxylic acids is 1. The lowest BCUT2D eigenvalue weighted by molar-refractivity contribution is -0.0523. The lowest BCUT2D eigenvalue weighted by Gasteiger charge is -2.52. The third-order valence-corrected chi connectivity index (χ3v) is 5.28. The summed E-state index contributed by atoms with van der Waals surface area (Å²) in [7, 11) is 0. The summed E-state index contributed by atoms with van der Waals surface area (Å²) in [4.78, 5) is 15.6. The molecule has 4 rings (SSSR count). The number of ether oxygens (including phenoxy) is 1. The van der Waals surface area contributed by atoms with E-state index >= 15 is 0 Å². The molecule has 1 saturated carbocycles. The summed E-state index contributed by atoms with van der Waals surface area (Å²) in [5.74, 6) is 0.0436. The van der Waals surface area contributed by atoms with E-state index < -0.39 is 0 Å². The molecular weight excluding hydrogens is 264 g/mol. The number of hydrogen-bond donors (Lipinski definition) is 2. The Bertz CT molecular complexity index is 670. The van der Waals surface area contributed by atoms with Gasteiger partial charge in [0.05, 0.1) is 0 Å². The number of carbonyl (C=O) groups is 1. The molecule has 21 heavy (non-hydrogen) atoms. The van der Waals surface area contributed by atoms with E-state index in [0.29, 0.717) is 11.5 Å². The third-order valence-electron chi connectivity index (χ3n) is 5.28. The van der Waals surface area contributed by atoms with Crippen LogP contribution in [-0.4, -0.2) is 30.1 Å². The fourth-order valence-electron chi connectivity index (χ4n) is 3.73. The van der Waals surface area contributed by atoms with E-state index in [1.54, 1.807) is 0 Å². The summed E-state index contributed by atoms with van der Waals surface area (Å²) in [6.45, 7) is 1.67. The van der Waals surface area contributed by atoms with Crippen molar-refractivity contribution in [3.8, 4) is 0 Å². The number of nitrogens with one attached hydrogen (secondary N) is 2. The standard InChI is InChI=1S/C17H20N2O2/c20-16(13-2-1-12-4-8-18-14(12)11-13)19-15-3-5-17(15)6-9-21-10-7-17/h1-2,4,8,11,15,18H,3,5-7,9-10H2,(H,19,20). The van der Waals surface area contributed by atoms with Crippen LogP contribution in [0.5, 0.6) is 0 Å². The number of aromatic nitrogens is 1. The van der Waals surface area contributed by atoms with Crippen molar-refractivity contribution >= 4 is 16.8 Å². The highest BCUT2D eigenvalue weighted by molar-refractivity contribution is 5.98. The Hall–Kier alpha value is -1.81. The summed E-state index contributed by atoms with van der Waals surface area (Å²) in [5, 5.41) is 4.38. The molecule has 1 aromatic carbocycles. The maximum atomic E-state index is 12.5. The zero-order valence-electron chi connectivity index (χ0n) is 12.0. The van der Waals surface area contributed by atoms with E-state index in [0.717, 1.165) is 48.9 Å². The molecule has 4 heteroatoms. The molecule has 4 nitrogen and oxygen atoms in total. The first kappa shape index (κ1) is 12.9. The zero-order chi connectivity index (χ0) is 14.3. The molecule has 2 fully saturated rings. The van der Waals surface area contributed by atoms with Gasteiger partial charge in [-0.1, -0.05) is 6.07 Å². The van der Waals surface area contributed by atoms with E-state index in [4.69, 9.17) is 4.74 Å². The Balaban J connectivity index is 1.50. The minimum Gasteiger partial charge on any atom is -0.381 e. The molecule has 0 bridgehead atoms. The molecule has 1 atom stereocenters. The van der Waals surface area contributed by atoms with Crippen molar-refractivity contribution in [2.45, 2.75) is 31.7 Å². The Morgan fingerprint density at radius 1 is 1.24 bits per heavy atom. The van der Waals surface area contributed by atoms with Crippen molar-refractivity contribution in [2.75, 3.05) is 13.2 Å². The predicted molar refractivity (Wildman–Crippen MR) is 81.3 cm³/mol. The molecule has 1 aliphatic carbocycles. The molecular formula is C17H20N2O2. The predicted octanol–water partition coefficient (Wildman–Crippen LogP) is 2.86. The average Bonchev–Trinajstić information content (AvgIpc) is 2.99. The molecule has 1 saturated heterocycles. The second-order valence-corrected chi connectivity index (χ2v) is 6.32. The highest BCUT2D eigenvalue weighted by Crippen LogP contribution is 2.48. The molecule has 2 aliphatic rings. The second-order valence-electron chi connectivity index (χ2n) is 6.32. The van der Waals surface area contributed by atoms with Gasteiger partial charge in [-0.05, 0) is 54.7 Å². The summed E-state index contributed by atoms with van der Waals surface area (Å²) in [5.41, 5.74) is 2.04. The fourth-order valence-corrected chi connectivity index (χ4v) is 3.73. The van der Waals surface area contributed by atoms with Gasteiger partial charge in [0.15, 0.2) is 0 Å². The first-order valence-electron chi connectivity index (χ1n) is 7.73. The van der Waals surface area contributed by atoms with E-state index in [2.05, 4.69) is 10.3 Å². The minimum atomic E-state index is 0.0436. The normalized spacial score (nSPS) is 23.9. The average molecular weight is 284 g/mol. The van der Waals surface area contributed by atoms with E-state index in [9.17, 15) is 4.79 Å². The second kappa shape index (κ2) is 4.88. The number of H-pyrrole nitrogens is 1. The van der Waals surface area contributed by atoms with Crippen molar-refractivity contribution in [2.24, 2.45) is 5.41 Å². The van der Waals surface area contributed by atoms with Crippen molar-refractivity contribution in [3.05, 3.63) is 36.0 Å². The van der Waals surface area contributed by atoms with Gasteiger partial charge in [0.2, 0.25) is 0 Å². The molecule has 0 radical (unpaired) electrons. The van der Waals surface area contributed by atoms with Crippen molar-refractivity contribution < 1.29 is 9.53 Å². The van der Waals surface area contributed by atoms with Gasteiger partial charge < -0.3 is 15.0 Å². The van der Waals surface area contributed by atoms with E-state index in [1.165, 1.54) is 6.42 Å². The van der Waals surface area contributed by atoms with E-state index in [-0.39, 0.29) is 5.91 Å². The van der Waals surface area contributed by atoms with Gasteiger partial charge in [-0.3, -0.25) is 4.79 Å². The van der Waals surface area contributed by atoms with Gasteiger partial charge in [0.25, 0.3) is 5.91 Å². The largest absolute Gasteiger partial charge is 0.381 e. The highest BCUT2D eigenvalue weighted by atomic mass is 16.5. The molecule has 1 spiro atoms. The number of amides is 1. The molecule has 110 valence electrons. The monoisotopic (exact) mass is 284 g/mol. The molecule has 2 aromatic rings. The van der Waals surface area contributed by atoms with Gasteiger partial charge in [-0.2, -0.15) is 0 Å². The lowest BCUT2D eigenvalue weighted by atomic mass is 9.60. The van der Waals surface area contributed by atoms with Crippen LogP contribution in [0.3, 0.4) is 0 Å². The minimum absolute atomic E-state index is 0.0436. The maximum absolute atomic E-state index is 12.5. The molecule has 1 aromatic heterocycles. The summed E-state index contributed by atoms with van der Waals surface area (Å²) in [6.07, 6.45) is 6.37. The smallest absolute Gasteiger partial charge is 0.251 e. The van der Waals surface area contributed by atoms with Crippen LogP contribution < -0.4 is 5.32 Å². The first-order valence-corrected chi connectivity index (χ1v) is 7.73. The first-order chi connectivity index (χ1) is 10.3. The Morgan fingerprint density at radius 3 is 2.86 bits per heavy atom. The quantitative estimate of drug-likeness (QED) is 0.891. The number of rotatable bonds is 2. The van der Waals surface area contributed by atoms with Crippen LogP contribution in [0, 0.1) is 5.41 Å². The SMILES string of the molecule is O=C(NC1CCC12CCOCC2)c1ccc2cc[nH]c2c1. The van der Waals surface area contributed by atoms with Gasteiger partial charge >= 0.3 is 0 Å². The zero-order valence-corrected chi connectivity index (χ0v) is 12.0. The van der Waals surface area contributed by atoms with Crippen LogP contribution in [0.25, 0.3) is 10.9 Å². The van der Waals surface area contributed by atoms with Gasteiger partial charge in [-0.15, -0.1) is 0 Å². The third kappa shape index (κ3) is 2.14. The van der Waals surface area contributed by atoms with Crippen LogP contribution in [0.2, 0.25) is 0 Å². The molecule has 2 N–H and O–H groups in total. The maximum Gasteiger partial charge on any atom is 0.251 e. The van der Waals surface area contributed by atoms with Crippen molar-refractivity contribution in [3.63, 3.8) is 0 Å². The number of hydrogen-bond acceptors (Lipinski definition) is 2. The lowest BCUT2D eigenvalue weighted by Crippen LogP contribution is -2.57. The van der Waals surface area contributed by atoms with E-state index in [1.807, 2.05) is 30.5 Å². The highest BCUT2D eigenvalue weighted by Gasteiger charge is 2.47. The summed E-state index contributed by atoms with van der Waals surface area (Å²) >= 11 is 0. The Kier molecular flexibility index (Phi) is 3.00. The van der Waals surface area contributed by atoms with Crippen LogP contribution >= 0.6 is 0 Å². The molecule has 1 unspecified atom stereocenters. The van der Waals surface area contributed by atoms with Crippen LogP contribution in [0.4, 0.5) is 0 Å². The summed E-state index contributed by atoms with van der Waals surface area (Å²) < 4.78 is 5.46. The van der Waals surface area contributed by atoms with Crippen LogP contribution in [0.1, 0.15) is 36.0 Å². The summed E-state index contributed by atoms with van der Waals surface area (Å²) in [6, 6.07) is 8.15. The Morgan fingerprint density at radius 2 is 2.10 bits per heavy atom. The van der Waals surface area contributed by atoms with Crippen LogP contribution in [-0.2, 0) is 4.74 Å². The van der Waals surface area contributed by atoms with Gasteiger partial charge in [0, 0.05) is 36.5 Å². The van der Waals surface area contributed by atoms with Crippen molar-refractivity contribution in [1.82, 2.24) is 10.3 Å². The Labute approximate surface area is 123 Å². The molecule has 1 amide bonds. The molecule has 2 heterocycles. The van der Waals surface area contributed by atoms with Crippen LogP contribution in [0.15, 0.2) is 30.5 Å². The van der Waals surface area contributed by atoms with Gasteiger partial charge in [-0.25, -0.2) is 0 Å². The number of benzene rings is 1. The molecule has 1 aliphatic heterocycles. The van der Waals surface area contributed by atoms with Gasteiger partial charge in [0.1, 0.15) is 0 Å². The van der Waals surface area contributed by atoms with Crippen molar-refractivity contribution in [1.29, 1.82) is 0 Å². The number of fused-ring (bicyclic) bond motifs is 1. The fraction of sp³-hybridized carbons (Fsp3) is 0.471.